The van der Waals surface area contributed by atoms with Crippen molar-refractivity contribution in [1.29, 1.82) is 0 Å². The van der Waals surface area contributed by atoms with E-state index >= 15 is 0 Å². The van der Waals surface area contributed by atoms with E-state index in [1.165, 1.54) is 19.3 Å². The first-order valence-electron chi connectivity index (χ1n) is 14.2. The Balaban J connectivity index is 1.40. The lowest BCUT2D eigenvalue weighted by Gasteiger charge is -2.23. The molecule has 1 heterocycles. The van der Waals surface area contributed by atoms with E-state index in [0.717, 1.165) is 52.0 Å². The molecule has 0 saturated carbocycles. The van der Waals surface area contributed by atoms with Crippen molar-refractivity contribution in [3.05, 3.63) is 100 Å². The number of nitrogens with zero attached hydrogens (tertiary/aromatic N) is 2. The van der Waals surface area contributed by atoms with Gasteiger partial charge >= 0.3 is 5.97 Å². The number of amides is 1. The third-order valence-electron chi connectivity index (χ3n) is 7.81. The number of carbonyl (C=O) groups excluding carboxylic acids is 1. The van der Waals surface area contributed by atoms with E-state index in [9.17, 15) is 14.7 Å². The number of hydrogen-bond donors (Lipinski definition) is 2. The van der Waals surface area contributed by atoms with Gasteiger partial charge in [0, 0.05) is 12.1 Å². The Morgan fingerprint density at radius 2 is 1.74 bits per heavy atom. The minimum atomic E-state index is -0.787. The van der Waals surface area contributed by atoms with Gasteiger partial charge in [-0.3, -0.25) is 9.59 Å². The molecular formula is C33H37N3O3. The SMILES string of the molecule is CCCCCCCN(Cc1nc2ccccc2[nH]1)C(=O)c1ccc2c(c1)Cc1ccccc1[C@H](CC(=O)O)C2. The highest BCUT2D eigenvalue weighted by atomic mass is 16.4. The Labute approximate surface area is 230 Å². The number of benzene rings is 3. The van der Waals surface area contributed by atoms with Crippen LogP contribution in [0.15, 0.2) is 66.7 Å². The van der Waals surface area contributed by atoms with Crippen LogP contribution in [-0.4, -0.2) is 38.4 Å². The summed E-state index contributed by atoms with van der Waals surface area (Å²) in [6.07, 6.45) is 7.10. The van der Waals surface area contributed by atoms with E-state index < -0.39 is 5.97 Å². The van der Waals surface area contributed by atoms with Gasteiger partial charge in [-0.2, -0.15) is 0 Å². The topological polar surface area (TPSA) is 86.3 Å². The summed E-state index contributed by atoms with van der Waals surface area (Å²) in [5.41, 5.74) is 7.02. The summed E-state index contributed by atoms with van der Waals surface area (Å²) in [6.45, 7) is 3.32. The van der Waals surface area contributed by atoms with Crippen molar-refractivity contribution in [2.75, 3.05) is 6.54 Å². The third kappa shape index (κ3) is 6.39. The van der Waals surface area contributed by atoms with Crippen molar-refractivity contribution in [3.63, 3.8) is 0 Å². The number of H-pyrrole nitrogens is 1. The molecule has 39 heavy (non-hydrogen) atoms. The summed E-state index contributed by atoms with van der Waals surface area (Å²) in [7, 11) is 0. The molecule has 6 heteroatoms. The van der Waals surface area contributed by atoms with Crippen molar-refractivity contribution in [2.45, 2.75) is 70.8 Å². The third-order valence-corrected chi connectivity index (χ3v) is 7.81. The summed E-state index contributed by atoms with van der Waals surface area (Å²) in [4.78, 5) is 35.6. The lowest BCUT2D eigenvalue weighted by molar-refractivity contribution is -0.137. The van der Waals surface area contributed by atoms with Gasteiger partial charge in [0.15, 0.2) is 0 Å². The van der Waals surface area contributed by atoms with E-state index in [1.807, 2.05) is 59.5 Å². The quantitative estimate of drug-likeness (QED) is 0.210. The zero-order chi connectivity index (χ0) is 27.2. The number of hydrogen-bond acceptors (Lipinski definition) is 3. The average Bonchev–Trinajstić information content (AvgIpc) is 3.28. The summed E-state index contributed by atoms with van der Waals surface area (Å²) in [5.74, 6) is -0.0638. The second kappa shape index (κ2) is 12.3. The second-order valence-electron chi connectivity index (χ2n) is 10.7. The van der Waals surface area contributed by atoms with Gasteiger partial charge in [-0.25, -0.2) is 4.98 Å². The molecule has 0 radical (unpaired) electrons. The lowest BCUT2D eigenvalue weighted by atomic mass is 9.89. The number of carboxylic acids is 1. The number of rotatable bonds is 11. The molecule has 4 aromatic rings. The largest absolute Gasteiger partial charge is 0.481 e. The molecule has 1 aliphatic carbocycles. The van der Waals surface area contributed by atoms with E-state index in [1.54, 1.807) is 0 Å². The number of para-hydroxylation sites is 2. The average molecular weight is 524 g/mol. The monoisotopic (exact) mass is 523 g/mol. The standard InChI is InChI=1S/C33H37N3O3/c1-2-3-4-5-10-17-36(22-31-34-29-13-8-9-14-30(29)35-31)33(39)25-16-15-23-18-27(21-32(37)38)28-12-7-6-11-24(28)19-26(23)20-25/h6-9,11-16,20,27H,2-5,10,17-19,21-22H2,1H3,(H,34,35)(H,37,38)/t27-/m0/s1. The predicted molar refractivity (Wildman–Crippen MR) is 154 cm³/mol. The highest BCUT2D eigenvalue weighted by Crippen LogP contribution is 2.34. The predicted octanol–water partition coefficient (Wildman–Crippen LogP) is 6.88. The molecule has 0 fully saturated rings. The van der Waals surface area contributed by atoms with Crippen LogP contribution in [0.3, 0.4) is 0 Å². The number of imidazole rings is 1. The molecule has 0 unspecified atom stereocenters. The number of unbranched alkanes of at least 4 members (excludes halogenated alkanes) is 4. The van der Waals surface area contributed by atoms with E-state index in [4.69, 9.17) is 4.98 Å². The van der Waals surface area contributed by atoms with Gasteiger partial charge in [-0.05, 0) is 71.7 Å². The van der Waals surface area contributed by atoms with Gasteiger partial charge in [0.25, 0.3) is 5.91 Å². The van der Waals surface area contributed by atoms with Crippen LogP contribution in [0, 0.1) is 0 Å². The van der Waals surface area contributed by atoms with E-state index in [0.29, 0.717) is 31.5 Å². The Hall–Kier alpha value is -3.93. The van der Waals surface area contributed by atoms with Crippen LogP contribution in [0.1, 0.15) is 89.8 Å². The first-order valence-corrected chi connectivity index (χ1v) is 14.2. The van der Waals surface area contributed by atoms with Crippen LogP contribution in [0.2, 0.25) is 0 Å². The molecule has 1 amide bonds. The molecule has 1 aliphatic rings. The number of aromatic amines is 1. The van der Waals surface area contributed by atoms with Crippen LogP contribution in [0.4, 0.5) is 0 Å². The number of carboxylic acid groups (broad SMARTS) is 1. The molecule has 2 N–H and O–H groups in total. The second-order valence-corrected chi connectivity index (χ2v) is 10.7. The molecule has 0 saturated heterocycles. The number of nitrogens with one attached hydrogen (secondary N) is 1. The number of aromatic nitrogens is 2. The summed E-state index contributed by atoms with van der Waals surface area (Å²) in [5, 5.41) is 9.54. The van der Waals surface area contributed by atoms with Gasteiger partial charge in [0.05, 0.1) is 24.0 Å². The van der Waals surface area contributed by atoms with Gasteiger partial charge < -0.3 is 15.0 Å². The van der Waals surface area contributed by atoms with Crippen LogP contribution in [-0.2, 0) is 24.2 Å². The highest BCUT2D eigenvalue weighted by molar-refractivity contribution is 5.94. The molecule has 3 aromatic carbocycles. The first kappa shape index (κ1) is 26.7. The van der Waals surface area contributed by atoms with Crippen molar-refractivity contribution in [3.8, 4) is 0 Å². The van der Waals surface area contributed by atoms with Gasteiger partial charge in [-0.1, -0.05) is 75.1 Å². The number of carbonyl (C=O) groups is 2. The maximum atomic E-state index is 13.9. The molecule has 202 valence electrons. The molecule has 6 nitrogen and oxygen atoms in total. The lowest BCUT2D eigenvalue weighted by Crippen LogP contribution is -2.32. The smallest absolute Gasteiger partial charge is 0.303 e. The van der Waals surface area contributed by atoms with Crippen LogP contribution in [0.25, 0.3) is 11.0 Å². The molecule has 0 aliphatic heterocycles. The molecular weight excluding hydrogens is 486 g/mol. The highest BCUT2D eigenvalue weighted by Gasteiger charge is 2.25. The van der Waals surface area contributed by atoms with E-state index in [-0.39, 0.29) is 18.2 Å². The van der Waals surface area contributed by atoms with Crippen molar-refractivity contribution in [1.82, 2.24) is 14.9 Å². The van der Waals surface area contributed by atoms with Crippen LogP contribution >= 0.6 is 0 Å². The Morgan fingerprint density at radius 1 is 0.949 bits per heavy atom. The Kier molecular flexibility index (Phi) is 8.40. The minimum absolute atomic E-state index is 0.00775. The fraction of sp³-hybridized carbons (Fsp3) is 0.364. The minimum Gasteiger partial charge on any atom is -0.481 e. The molecule has 0 bridgehead atoms. The van der Waals surface area contributed by atoms with E-state index in [2.05, 4.69) is 24.0 Å². The summed E-state index contributed by atoms with van der Waals surface area (Å²) in [6, 6.07) is 22.0. The van der Waals surface area contributed by atoms with Crippen molar-refractivity contribution in [2.24, 2.45) is 0 Å². The van der Waals surface area contributed by atoms with Crippen molar-refractivity contribution >= 4 is 22.9 Å². The van der Waals surface area contributed by atoms with Gasteiger partial charge in [0.2, 0.25) is 0 Å². The maximum Gasteiger partial charge on any atom is 0.303 e. The van der Waals surface area contributed by atoms with Gasteiger partial charge in [-0.15, -0.1) is 0 Å². The van der Waals surface area contributed by atoms with Crippen molar-refractivity contribution < 1.29 is 14.7 Å². The fourth-order valence-electron chi connectivity index (χ4n) is 5.79. The fourth-order valence-corrected chi connectivity index (χ4v) is 5.79. The van der Waals surface area contributed by atoms with Crippen LogP contribution in [0.5, 0.6) is 0 Å². The zero-order valence-corrected chi connectivity index (χ0v) is 22.7. The zero-order valence-electron chi connectivity index (χ0n) is 22.7. The van der Waals surface area contributed by atoms with Gasteiger partial charge in [0.1, 0.15) is 5.82 Å². The number of aliphatic carboxylic acids is 1. The maximum absolute atomic E-state index is 13.9. The first-order chi connectivity index (χ1) is 19.0. The molecule has 5 rings (SSSR count). The summed E-state index contributed by atoms with van der Waals surface area (Å²) < 4.78 is 0. The Morgan fingerprint density at radius 3 is 2.56 bits per heavy atom. The molecule has 0 spiro atoms. The summed E-state index contributed by atoms with van der Waals surface area (Å²) >= 11 is 0. The number of fused-ring (bicyclic) bond motifs is 3. The Bertz CT molecular complexity index is 1420. The molecule has 1 aromatic heterocycles. The van der Waals surface area contributed by atoms with Crippen LogP contribution < -0.4 is 0 Å². The molecule has 1 atom stereocenters. The normalized spacial score (nSPS) is 14.4.